The van der Waals surface area contributed by atoms with Gasteiger partial charge in [0.15, 0.2) is 0 Å². The summed E-state index contributed by atoms with van der Waals surface area (Å²) in [4.78, 5) is 0. The van der Waals surface area contributed by atoms with Gasteiger partial charge in [0.05, 0.1) is 6.54 Å². The fraction of sp³-hybridized carbons (Fsp3) is 0.800. The first-order valence-electron chi connectivity index (χ1n) is 4.48. The first-order chi connectivity index (χ1) is 5.38. The van der Waals surface area contributed by atoms with Crippen molar-refractivity contribution >= 4 is 0 Å². The zero-order valence-corrected chi connectivity index (χ0v) is 7.48. The summed E-state index contributed by atoms with van der Waals surface area (Å²) in [6.45, 7) is 6.20. The molecule has 1 rings (SSSR count). The van der Waals surface area contributed by atoms with Crippen LogP contribution in [0.3, 0.4) is 0 Å². The van der Waals surface area contributed by atoms with Gasteiger partial charge < -0.3 is 5.32 Å². The standard InChI is InChI=1S/C10H17N/c1-3-5-6-11-8-10-7-9(10)4-2/h9-11H,4,6-8H2,1-2H3. The summed E-state index contributed by atoms with van der Waals surface area (Å²) in [6.07, 6.45) is 2.79. The highest BCUT2D eigenvalue weighted by Crippen LogP contribution is 2.40. The fourth-order valence-electron chi connectivity index (χ4n) is 1.47. The Hall–Kier alpha value is -0.480. The summed E-state index contributed by atoms with van der Waals surface area (Å²) in [5.41, 5.74) is 0. The first kappa shape index (κ1) is 8.62. The van der Waals surface area contributed by atoms with Crippen LogP contribution in [0.25, 0.3) is 0 Å². The van der Waals surface area contributed by atoms with E-state index in [1.54, 1.807) is 0 Å². The molecular formula is C10H17N. The van der Waals surface area contributed by atoms with Crippen LogP contribution in [0, 0.1) is 23.7 Å². The third-order valence-electron chi connectivity index (χ3n) is 2.39. The minimum atomic E-state index is 0.865. The number of hydrogen-bond donors (Lipinski definition) is 1. The second-order valence-corrected chi connectivity index (χ2v) is 3.22. The summed E-state index contributed by atoms with van der Waals surface area (Å²) in [6, 6.07) is 0. The first-order valence-corrected chi connectivity index (χ1v) is 4.48. The molecule has 1 heteroatoms. The van der Waals surface area contributed by atoms with Gasteiger partial charge in [0.1, 0.15) is 0 Å². The average molecular weight is 151 g/mol. The summed E-state index contributed by atoms with van der Waals surface area (Å²) >= 11 is 0. The van der Waals surface area contributed by atoms with E-state index in [9.17, 15) is 0 Å². The Morgan fingerprint density at radius 2 is 2.27 bits per heavy atom. The molecule has 1 aliphatic carbocycles. The van der Waals surface area contributed by atoms with E-state index < -0.39 is 0 Å². The van der Waals surface area contributed by atoms with E-state index in [0.717, 1.165) is 18.4 Å². The summed E-state index contributed by atoms with van der Waals surface area (Å²) in [5.74, 6) is 7.85. The van der Waals surface area contributed by atoms with Crippen molar-refractivity contribution in [3.8, 4) is 11.8 Å². The highest BCUT2D eigenvalue weighted by atomic mass is 14.9. The molecule has 0 saturated heterocycles. The summed E-state index contributed by atoms with van der Waals surface area (Å²) in [5, 5.41) is 3.34. The molecule has 0 radical (unpaired) electrons. The fourth-order valence-corrected chi connectivity index (χ4v) is 1.47. The SMILES string of the molecule is CC#CCNCC1CC1CC. The van der Waals surface area contributed by atoms with Gasteiger partial charge in [0.25, 0.3) is 0 Å². The molecular weight excluding hydrogens is 134 g/mol. The highest BCUT2D eigenvalue weighted by Gasteiger charge is 2.34. The Kier molecular flexibility index (Phi) is 3.45. The normalized spacial score (nSPS) is 27.5. The summed E-state index contributed by atoms with van der Waals surface area (Å²) < 4.78 is 0. The van der Waals surface area contributed by atoms with Crippen LogP contribution < -0.4 is 5.32 Å². The molecule has 1 aliphatic rings. The monoisotopic (exact) mass is 151 g/mol. The minimum absolute atomic E-state index is 0.865. The molecule has 0 heterocycles. The maximum Gasteiger partial charge on any atom is 0.0576 e. The second kappa shape index (κ2) is 4.41. The van der Waals surface area contributed by atoms with Gasteiger partial charge in [-0.2, -0.15) is 0 Å². The topological polar surface area (TPSA) is 12.0 Å². The summed E-state index contributed by atoms with van der Waals surface area (Å²) in [7, 11) is 0. The van der Waals surface area contributed by atoms with E-state index in [-0.39, 0.29) is 0 Å². The van der Waals surface area contributed by atoms with Crippen molar-refractivity contribution in [1.29, 1.82) is 0 Å². The molecule has 1 N–H and O–H groups in total. The predicted molar refractivity (Wildman–Crippen MR) is 48.2 cm³/mol. The van der Waals surface area contributed by atoms with E-state index in [1.807, 2.05) is 6.92 Å². The van der Waals surface area contributed by atoms with Crippen molar-refractivity contribution in [2.24, 2.45) is 11.8 Å². The quantitative estimate of drug-likeness (QED) is 0.476. The maximum absolute atomic E-state index is 3.34. The number of hydrogen-bond acceptors (Lipinski definition) is 1. The van der Waals surface area contributed by atoms with Crippen molar-refractivity contribution < 1.29 is 0 Å². The lowest BCUT2D eigenvalue weighted by Crippen LogP contribution is -2.17. The molecule has 62 valence electrons. The van der Waals surface area contributed by atoms with E-state index >= 15 is 0 Å². The molecule has 0 bridgehead atoms. The van der Waals surface area contributed by atoms with Gasteiger partial charge in [-0.3, -0.25) is 0 Å². The van der Waals surface area contributed by atoms with E-state index in [4.69, 9.17) is 0 Å². The van der Waals surface area contributed by atoms with Crippen molar-refractivity contribution in [2.75, 3.05) is 13.1 Å². The van der Waals surface area contributed by atoms with Gasteiger partial charge in [-0.1, -0.05) is 19.3 Å². The molecule has 0 aromatic heterocycles. The van der Waals surface area contributed by atoms with Crippen molar-refractivity contribution in [2.45, 2.75) is 26.7 Å². The molecule has 0 amide bonds. The Balaban J connectivity index is 1.92. The van der Waals surface area contributed by atoms with Gasteiger partial charge in [-0.25, -0.2) is 0 Å². The molecule has 1 nitrogen and oxygen atoms in total. The molecule has 2 unspecified atom stereocenters. The largest absolute Gasteiger partial charge is 0.306 e. The van der Waals surface area contributed by atoms with Crippen LogP contribution in [-0.4, -0.2) is 13.1 Å². The third kappa shape index (κ3) is 2.95. The van der Waals surface area contributed by atoms with E-state index in [0.29, 0.717) is 0 Å². The Bertz CT molecular complexity index is 163. The molecule has 1 fully saturated rings. The average Bonchev–Trinajstić information content (AvgIpc) is 2.77. The predicted octanol–water partition coefficient (Wildman–Crippen LogP) is 1.65. The molecule has 0 aromatic rings. The van der Waals surface area contributed by atoms with Crippen molar-refractivity contribution in [1.82, 2.24) is 5.32 Å². The lowest BCUT2D eigenvalue weighted by Gasteiger charge is -1.97. The Labute approximate surface area is 69.6 Å². The van der Waals surface area contributed by atoms with Crippen LogP contribution >= 0.6 is 0 Å². The third-order valence-corrected chi connectivity index (χ3v) is 2.39. The molecule has 0 aliphatic heterocycles. The Morgan fingerprint density at radius 3 is 2.82 bits per heavy atom. The van der Waals surface area contributed by atoms with Crippen LogP contribution in [0.1, 0.15) is 26.7 Å². The molecule has 1 saturated carbocycles. The van der Waals surface area contributed by atoms with Crippen LogP contribution in [0.4, 0.5) is 0 Å². The van der Waals surface area contributed by atoms with E-state index in [2.05, 4.69) is 24.1 Å². The van der Waals surface area contributed by atoms with Gasteiger partial charge >= 0.3 is 0 Å². The number of nitrogens with one attached hydrogen (secondary N) is 1. The van der Waals surface area contributed by atoms with Gasteiger partial charge in [0.2, 0.25) is 0 Å². The van der Waals surface area contributed by atoms with Crippen molar-refractivity contribution in [3.63, 3.8) is 0 Å². The molecule has 2 atom stereocenters. The highest BCUT2D eigenvalue weighted by molar-refractivity contribution is 4.97. The van der Waals surface area contributed by atoms with Crippen LogP contribution in [0.2, 0.25) is 0 Å². The lowest BCUT2D eigenvalue weighted by atomic mass is 10.2. The van der Waals surface area contributed by atoms with Crippen molar-refractivity contribution in [3.05, 3.63) is 0 Å². The maximum atomic E-state index is 3.34. The molecule has 0 spiro atoms. The second-order valence-electron chi connectivity index (χ2n) is 3.22. The zero-order valence-electron chi connectivity index (χ0n) is 7.48. The Morgan fingerprint density at radius 1 is 1.45 bits per heavy atom. The molecule has 11 heavy (non-hydrogen) atoms. The lowest BCUT2D eigenvalue weighted by molar-refractivity contribution is 0.620. The smallest absolute Gasteiger partial charge is 0.0576 e. The van der Waals surface area contributed by atoms with E-state index in [1.165, 1.54) is 19.4 Å². The van der Waals surface area contributed by atoms with Gasteiger partial charge in [-0.05, 0) is 31.7 Å². The van der Waals surface area contributed by atoms with Crippen LogP contribution in [0.5, 0.6) is 0 Å². The molecule has 0 aromatic carbocycles. The van der Waals surface area contributed by atoms with Crippen LogP contribution in [0.15, 0.2) is 0 Å². The van der Waals surface area contributed by atoms with Gasteiger partial charge in [0, 0.05) is 0 Å². The zero-order chi connectivity index (χ0) is 8.10. The minimum Gasteiger partial charge on any atom is -0.306 e. The van der Waals surface area contributed by atoms with Gasteiger partial charge in [-0.15, -0.1) is 5.92 Å². The van der Waals surface area contributed by atoms with Crippen LogP contribution in [-0.2, 0) is 0 Å². The number of rotatable bonds is 4.